The third kappa shape index (κ3) is 3.70. The molecule has 1 aromatic heterocycles. The quantitative estimate of drug-likeness (QED) is 0.805. The Balaban J connectivity index is 1.86. The van der Waals surface area contributed by atoms with E-state index in [1.165, 1.54) is 11.3 Å². The summed E-state index contributed by atoms with van der Waals surface area (Å²) in [7, 11) is 0. The fourth-order valence-corrected chi connectivity index (χ4v) is 3.94. The van der Waals surface area contributed by atoms with E-state index in [-0.39, 0.29) is 11.3 Å². The number of aryl methyl sites for hydroxylation is 1. The van der Waals surface area contributed by atoms with Crippen molar-refractivity contribution in [3.05, 3.63) is 39.3 Å². The van der Waals surface area contributed by atoms with Crippen LogP contribution < -0.4 is 9.47 Å². The molecule has 3 rings (SSSR count). The van der Waals surface area contributed by atoms with Crippen LogP contribution in [0.1, 0.15) is 53.6 Å². The SMILES string of the molecule is CCN(Cc1cccc2c1OCCO2)C(=O)c1sc(C(C)(C)C)nc1C. The van der Waals surface area contributed by atoms with Crippen molar-refractivity contribution in [3.8, 4) is 11.5 Å². The summed E-state index contributed by atoms with van der Waals surface area (Å²) in [5, 5.41) is 0.989. The molecular formula is C20H26N2O3S. The first kappa shape index (κ1) is 18.7. The van der Waals surface area contributed by atoms with E-state index in [0.717, 1.165) is 32.6 Å². The van der Waals surface area contributed by atoms with E-state index in [2.05, 4.69) is 25.8 Å². The van der Waals surface area contributed by atoms with E-state index in [1.807, 2.05) is 36.9 Å². The molecule has 0 saturated carbocycles. The molecule has 1 aliphatic heterocycles. The molecule has 26 heavy (non-hydrogen) atoms. The minimum absolute atomic E-state index is 0.0207. The summed E-state index contributed by atoms with van der Waals surface area (Å²) in [4.78, 5) is 20.3. The molecule has 2 heterocycles. The molecule has 0 radical (unpaired) electrons. The Hall–Kier alpha value is -2.08. The second-order valence-electron chi connectivity index (χ2n) is 7.44. The van der Waals surface area contributed by atoms with Gasteiger partial charge in [0.2, 0.25) is 0 Å². The van der Waals surface area contributed by atoms with Crippen LogP contribution in [-0.4, -0.2) is 35.5 Å². The number of amides is 1. The van der Waals surface area contributed by atoms with Crippen LogP contribution in [-0.2, 0) is 12.0 Å². The Morgan fingerprint density at radius 1 is 1.27 bits per heavy atom. The van der Waals surface area contributed by atoms with Crippen molar-refractivity contribution in [2.24, 2.45) is 0 Å². The van der Waals surface area contributed by atoms with Gasteiger partial charge in [0.25, 0.3) is 5.91 Å². The first-order valence-corrected chi connectivity index (χ1v) is 9.77. The summed E-state index contributed by atoms with van der Waals surface area (Å²) >= 11 is 1.50. The van der Waals surface area contributed by atoms with Crippen molar-refractivity contribution < 1.29 is 14.3 Å². The number of fused-ring (bicyclic) bond motifs is 1. The average molecular weight is 375 g/mol. The lowest BCUT2D eigenvalue weighted by atomic mass is 9.98. The van der Waals surface area contributed by atoms with Gasteiger partial charge < -0.3 is 14.4 Å². The number of aromatic nitrogens is 1. The van der Waals surface area contributed by atoms with Gasteiger partial charge in [-0.05, 0) is 19.9 Å². The van der Waals surface area contributed by atoms with Crippen molar-refractivity contribution in [1.82, 2.24) is 9.88 Å². The van der Waals surface area contributed by atoms with Gasteiger partial charge in [0.05, 0.1) is 10.7 Å². The molecular weight excluding hydrogens is 348 g/mol. The molecule has 1 aromatic carbocycles. The molecule has 0 spiro atoms. The van der Waals surface area contributed by atoms with E-state index in [1.54, 1.807) is 0 Å². The van der Waals surface area contributed by atoms with Gasteiger partial charge in [0.1, 0.15) is 18.1 Å². The fraction of sp³-hybridized carbons (Fsp3) is 0.500. The molecule has 140 valence electrons. The predicted octanol–water partition coefficient (Wildman–Crippen LogP) is 4.18. The third-order valence-electron chi connectivity index (χ3n) is 4.31. The lowest BCUT2D eigenvalue weighted by molar-refractivity contribution is 0.0753. The second-order valence-corrected chi connectivity index (χ2v) is 8.44. The lowest BCUT2D eigenvalue weighted by Gasteiger charge is -2.25. The first-order chi connectivity index (χ1) is 12.3. The normalized spacial score (nSPS) is 13.6. The van der Waals surface area contributed by atoms with Gasteiger partial charge in [-0.2, -0.15) is 0 Å². The predicted molar refractivity (Wildman–Crippen MR) is 103 cm³/mol. The minimum Gasteiger partial charge on any atom is -0.486 e. The van der Waals surface area contributed by atoms with Crippen LogP contribution in [0.5, 0.6) is 11.5 Å². The van der Waals surface area contributed by atoms with Crippen LogP contribution in [0.2, 0.25) is 0 Å². The van der Waals surface area contributed by atoms with Gasteiger partial charge in [-0.15, -0.1) is 11.3 Å². The van der Waals surface area contributed by atoms with Gasteiger partial charge >= 0.3 is 0 Å². The number of thiazole rings is 1. The molecule has 0 saturated heterocycles. The summed E-state index contributed by atoms with van der Waals surface area (Å²) in [5.41, 5.74) is 1.71. The summed E-state index contributed by atoms with van der Waals surface area (Å²) in [6.45, 7) is 12.4. The van der Waals surface area contributed by atoms with Gasteiger partial charge in [-0.25, -0.2) is 4.98 Å². The molecule has 6 heteroatoms. The van der Waals surface area contributed by atoms with Crippen LogP contribution in [0.3, 0.4) is 0 Å². The number of ether oxygens (including phenoxy) is 2. The summed E-state index contributed by atoms with van der Waals surface area (Å²) in [6, 6.07) is 5.83. The summed E-state index contributed by atoms with van der Waals surface area (Å²) in [5.74, 6) is 1.52. The second kappa shape index (κ2) is 7.27. The Bertz CT molecular complexity index is 808. The highest BCUT2D eigenvalue weighted by Gasteiger charge is 2.26. The molecule has 2 aromatic rings. The number of hydrogen-bond donors (Lipinski definition) is 0. The van der Waals surface area contributed by atoms with Crippen molar-refractivity contribution in [2.45, 2.75) is 46.6 Å². The van der Waals surface area contributed by atoms with Crippen molar-refractivity contribution in [2.75, 3.05) is 19.8 Å². The lowest BCUT2D eigenvalue weighted by Crippen LogP contribution is -2.30. The maximum Gasteiger partial charge on any atom is 0.266 e. The third-order valence-corrected chi connectivity index (χ3v) is 5.88. The molecule has 0 bridgehead atoms. The van der Waals surface area contributed by atoms with Crippen LogP contribution in [0.25, 0.3) is 0 Å². The zero-order chi connectivity index (χ0) is 18.9. The van der Waals surface area contributed by atoms with Crippen molar-refractivity contribution in [1.29, 1.82) is 0 Å². The van der Waals surface area contributed by atoms with Crippen molar-refractivity contribution in [3.63, 3.8) is 0 Å². The number of benzene rings is 1. The number of carbonyl (C=O) groups is 1. The van der Waals surface area contributed by atoms with Gasteiger partial charge in [0, 0.05) is 24.1 Å². The van der Waals surface area contributed by atoms with Crippen LogP contribution in [0.15, 0.2) is 18.2 Å². The first-order valence-electron chi connectivity index (χ1n) is 8.96. The van der Waals surface area contributed by atoms with Gasteiger partial charge in [0.15, 0.2) is 11.5 Å². The highest BCUT2D eigenvalue weighted by molar-refractivity contribution is 7.14. The molecule has 5 nitrogen and oxygen atoms in total. The number of hydrogen-bond acceptors (Lipinski definition) is 5. The van der Waals surface area contributed by atoms with E-state index in [4.69, 9.17) is 9.47 Å². The van der Waals surface area contributed by atoms with Crippen molar-refractivity contribution >= 4 is 17.2 Å². The molecule has 0 unspecified atom stereocenters. The number of carbonyl (C=O) groups excluding carboxylic acids is 1. The molecule has 1 amide bonds. The number of rotatable bonds is 4. The van der Waals surface area contributed by atoms with Crippen LogP contribution in [0.4, 0.5) is 0 Å². The van der Waals surface area contributed by atoms with E-state index >= 15 is 0 Å². The zero-order valence-corrected chi connectivity index (χ0v) is 16.9. The monoisotopic (exact) mass is 374 g/mol. The van der Waals surface area contributed by atoms with Gasteiger partial charge in [-0.1, -0.05) is 32.9 Å². The van der Waals surface area contributed by atoms with E-state index in [9.17, 15) is 4.79 Å². The maximum atomic E-state index is 13.1. The Kier molecular flexibility index (Phi) is 5.23. The maximum absolute atomic E-state index is 13.1. The zero-order valence-electron chi connectivity index (χ0n) is 16.1. The van der Waals surface area contributed by atoms with Crippen LogP contribution >= 0.6 is 11.3 Å². The summed E-state index contributed by atoms with van der Waals surface area (Å²) in [6.07, 6.45) is 0. The Morgan fingerprint density at radius 3 is 2.65 bits per heavy atom. The molecule has 0 aliphatic carbocycles. The topological polar surface area (TPSA) is 51.7 Å². The molecule has 0 atom stereocenters. The number of nitrogens with zero attached hydrogens (tertiary/aromatic N) is 2. The van der Waals surface area contributed by atoms with E-state index < -0.39 is 0 Å². The molecule has 0 N–H and O–H groups in total. The number of para-hydroxylation sites is 1. The average Bonchev–Trinajstić information content (AvgIpc) is 3.01. The fourth-order valence-electron chi connectivity index (χ4n) is 2.85. The van der Waals surface area contributed by atoms with Crippen LogP contribution in [0, 0.1) is 6.92 Å². The van der Waals surface area contributed by atoms with E-state index in [0.29, 0.717) is 26.3 Å². The Morgan fingerprint density at radius 2 is 2.00 bits per heavy atom. The van der Waals surface area contributed by atoms with Gasteiger partial charge in [-0.3, -0.25) is 4.79 Å². The summed E-state index contributed by atoms with van der Waals surface area (Å²) < 4.78 is 11.4. The molecule has 0 fully saturated rings. The Labute approximate surface area is 159 Å². The largest absolute Gasteiger partial charge is 0.486 e. The minimum atomic E-state index is -0.0608. The highest BCUT2D eigenvalue weighted by atomic mass is 32.1. The molecule has 1 aliphatic rings. The standard InChI is InChI=1S/C20H26N2O3S/c1-6-22(12-14-8-7-9-15-16(14)25-11-10-24-15)18(23)17-13(2)21-19(26-17)20(3,4)5/h7-9H,6,10-12H2,1-5H3. The highest BCUT2D eigenvalue weighted by Crippen LogP contribution is 2.35. The smallest absolute Gasteiger partial charge is 0.266 e.